The summed E-state index contributed by atoms with van der Waals surface area (Å²) in [6.45, 7) is 1.89. The Morgan fingerprint density at radius 3 is 2.80 bits per heavy atom. The van der Waals surface area contributed by atoms with Crippen LogP contribution >= 0.6 is 15.9 Å². The number of anilines is 1. The summed E-state index contributed by atoms with van der Waals surface area (Å²) < 4.78 is 27.5. The van der Waals surface area contributed by atoms with Gasteiger partial charge in [-0.15, -0.1) is 0 Å². The van der Waals surface area contributed by atoms with Crippen LogP contribution in [0.4, 0.5) is 5.69 Å². The Labute approximate surface area is 126 Å². The molecule has 0 spiro atoms. The number of sulfonamides is 1. The maximum Gasteiger partial charge on any atom is 0.242 e. The van der Waals surface area contributed by atoms with Gasteiger partial charge in [-0.25, -0.2) is 13.1 Å². The molecule has 6 nitrogen and oxygen atoms in total. The van der Waals surface area contributed by atoms with E-state index in [4.69, 9.17) is 5.73 Å². The van der Waals surface area contributed by atoms with Gasteiger partial charge in [0.15, 0.2) is 0 Å². The molecular weight excluding hydrogens is 346 g/mol. The minimum Gasteiger partial charge on any atom is -0.329 e. The van der Waals surface area contributed by atoms with E-state index in [1.807, 2.05) is 0 Å². The fraction of sp³-hybridized carbons (Fsp3) is 0.417. The van der Waals surface area contributed by atoms with Crippen molar-refractivity contribution in [2.24, 2.45) is 5.73 Å². The van der Waals surface area contributed by atoms with Crippen LogP contribution in [-0.4, -0.2) is 26.9 Å². The lowest BCUT2D eigenvalue weighted by Gasteiger charge is -2.20. The smallest absolute Gasteiger partial charge is 0.242 e. The molecule has 0 aromatic heterocycles. The molecule has 0 aliphatic carbocycles. The van der Waals surface area contributed by atoms with Crippen molar-refractivity contribution in [3.05, 3.63) is 22.2 Å². The standard InChI is InChI=1S/C12H16BrN3O3S/c1-7(6-14)16-20(18,19)11-5-10-8(4-9(11)13)2-3-12(17)15-10/h4-5,7,16H,2-3,6,14H2,1H3,(H,15,17)/t7-/m0/s1. The molecule has 1 aromatic rings. The van der Waals surface area contributed by atoms with Crippen molar-refractivity contribution in [3.8, 4) is 0 Å². The summed E-state index contributed by atoms with van der Waals surface area (Å²) in [4.78, 5) is 11.5. The van der Waals surface area contributed by atoms with Crippen molar-refractivity contribution < 1.29 is 13.2 Å². The van der Waals surface area contributed by atoms with Crippen LogP contribution in [-0.2, 0) is 21.2 Å². The highest BCUT2D eigenvalue weighted by molar-refractivity contribution is 9.10. The second-order valence-electron chi connectivity index (χ2n) is 4.75. The molecular formula is C12H16BrN3O3S. The summed E-state index contributed by atoms with van der Waals surface area (Å²) in [6, 6.07) is 2.84. The van der Waals surface area contributed by atoms with E-state index >= 15 is 0 Å². The predicted octanol–water partition coefficient (Wildman–Crippen LogP) is 0.959. The molecule has 4 N–H and O–H groups in total. The van der Waals surface area contributed by atoms with Gasteiger partial charge in [-0.1, -0.05) is 0 Å². The number of amides is 1. The molecule has 0 unspecified atom stereocenters. The van der Waals surface area contributed by atoms with Crippen LogP contribution in [0.2, 0.25) is 0 Å². The molecule has 110 valence electrons. The van der Waals surface area contributed by atoms with Gasteiger partial charge in [-0.3, -0.25) is 4.79 Å². The monoisotopic (exact) mass is 361 g/mol. The van der Waals surface area contributed by atoms with E-state index in [0.717, 1.165) is 5.56 Å². The van der Waals surface area contributed by atoms with E-state index < -0.39 is 10.0 Å². The average Bonchev–Trinajstić information content (AvgIpc) is 2.37. The first-order valence-electron chi connectivity index (χ1n) is 6.18. The van der Waals surface area contributed by atoms with Gasteiger partial charge < -0.3 is 11.1 Å². The molecule has 2 rings (SSSR count). The molecule has 1 atom stereocenters. The van der Waals surface area contributed by atoms with Gasteiger partial charge in [0.25, 0.3) is 0 Å². The van der Waals surface area contributed by atoms with Crippen molar-refractivity contribution in [1.82, 2.24) is 4.72 Å². The third-order valence-electron chi connectivity index (χ3n) is 3.05. The van der Waals surface area contributed by atoms with Gasteiger partial charge in [0, 0.05) is 29.2 Å². The summed E-state index contributed by atoms with van der Waals surface area (Å²) >= 11 is 3.28. The molecule has 1 aromatic carbocycles. The Morgan fingerprint density at radius 1 is 1.45 bits per heavy atom. The molecule has 20 heavy (non-hydrogen) atoms. The van der Waals surface area contributed by atoms with Crippen LogP contribution in [0.25, 0.3) is 0 Å². The Morgan fingerprint density at radius 2 is 2.15 bits per heavy atom. The SMILES string of the molecule is C[C@@H](CN)NS(=O)(=O)c1cc2c(cc1Br)CCC(=O)N2. The first kappa shape index (κ1) is 15.4. The van der Waals surface area contributed by atoms with Gasteiger partial charge in [-0.05, 0) is 47.0 Å². The quantitative estimate of drug-likeness (QED) is 0.743. The summed E-state index contributed by atoms with van der Waals surface area (Å²) in [5.41, 5.74) is 6.89. The number of carbonyl (C=O) groups is 1. The highest BCUT2D eigenvalue weighted by atomic mass is 79.9. The minimum atomic E-state index is -3.68. The van der Waals surface area contributed by atoms with Crippen LogP contribution in [0.3, 0.4) is 0 Å². The molecule has 0 saturated carbocycles. The lowest BCUT2D eigenvalue weighted by Crippen LogP contribution is -2.38. The summed E-state index contributed by atoms with van der Waals surface area (Å²) in [5.74, 6) is -0.105. The highest BCUT2D eigenvalue weighted by Crippen LogP contribution is 2.32. The Bertz CT molecular complexity index is 646. The highest BCUT2D eigenvalue weighted by Gasteiger charge is 2.24. The molecule has 1 heterocycles. The number of carbonyl (C=O) groups excluding carboxylic acids is 1. The van der Waals surface area contributed by atoms with Crippen molar-refractivity contribution in [2.75, 3.05) is 11.9 Å². The number of hydrogen-bond acceptors (Lipinski definition) is 4. The number of halogens is 1. The largest absolute Gasteiger partial charge is 0.329 e. The number of fused-ring (bicyclic) bond motifs is 1. The van der Waals surface area contributed by atoms with Gasteiger partial charge in [0.2, 0.25) is 15.9 Å². The summed E-state index contributed by atoms with van der Waals surface area (Å²) in [6.07, 6.45) is 1.01. The van der Waals surface area contributed by atoms with Crippen LogP contribution < -0.4 is 15.8 Å². The minimum absolute atomic E-state index is 0.0961. The molecule has 1 aliphatic heterocycles. The predicted molar refractivity (Wildman–Crippen MR) is 79.9 cm³/mol. The fourth-order valence-corrected chi connectivity index (χ4v) is 4.33. The lowest BCUT2D eigenvalue weighted by atomic mass is 10.0. The number of benzene rings is 1. The van der Waals surface area contributed by atoms with E-state index in [2.05, 4.69) is 26.0 Å². The zero-order valence-electron chi connectivity index (χ0n) is 10.9. The first-order chi connectivity index (χ1) is 9.33. The lowest BCUT2D eigenvalue weighted by molar-refractivity contribution is -0.116. The second-order valence-corrected chi connectivity index (χ2v) is 7.28. The van der Waals surface area contributed by atoms with Gasteiger partial charge in [-0.2, -0.15) is 0 Å². The summed E-state index contributed by atoms with van der Waals surface area (Å²) in [5, 5.41) is 2.69. The normalized spacial score (nSPS) is 16.4. The molecule has 0 fully saturated rings. The van der Waals surface area contributed by atoms with E-state index in [0.29, 0.717) is 23.0 Å². The fourth-order valence-electron chi connectivity index (χ4n) is 1.96. The van der Waals surface area contributed by atoms with Crippen LogP contribution in [0.1, 0.15) is 18.9 Å². The zero-order chi connectivity index (χ0) is 14.9. The maximum atomic E-state index is 12.3. The van der Waals surface area contributed by atoms with Gasteiger partial charge >= 0.3 is 0 Å². The van der Waals surface area contributed by atoms with Crippen molar-refractivity contribution >= 4 is 37.5 Å². The first-order valence-corrected chi connectivity index (χ1v) is 8.46. The second kappa shape index (κ2) is 5.80. The third kappa shape index (κ3) is 3.20. The topological polar surface area (TPSA) is 101 Å². The number of nitrogens with two attached hydrogens (primary N) is 1. The van der Waals surface area contributed by atoms with E-state index in [9.17, 15) is 13.2 Å². The summed E-state index contributed by atoms with van der Waals surface area (Å²) in [7, 11) is -3.68. The molecule has 1 aliphatic rings. The van der Waals surface area contributed by atoms with Gasteiger partial charge in [0.1, 0.15) is 0 Å². The average molecular weight is 362 g/mol. The van der Waals surface area contributed by atoms with E-state index in [1.54, 1.807) is 13.0 Å². The Hall–Kier alpha value is -0.960. The van der Waals surface area contributed by atoms with E-state index in [-0.39, 0.29) is 23.4 Å². The molecule has 0 bridgehead atoms. The van der Waals surface area contributed by atoms with Gasteiger partial charge in [0.05, 0.1) is 4.90 Å². The number of rotatable bonds is 4. The third-order valence-corrected chi connectivity index (χ3v) is 5.60. The Kier molecular flexibility index (Phi) is 4.48. The van der Waals surface area contributed by atoms with Crippen molar-refractivity contribution in [2.45, 2.75) is 30.7 Å². The van der Waals surface area contributed by atoms with E-state index in [1.165, 1.54) is 6.07 Å². The number of hydrogen-bond donors (Lipinski definition) is 3. The van der Waals surface area contributed by atoms with Crippen LogP contribution in [0.15, 0.2) is 21.5 Å². The van der Waals surface area contributed by atoms with Crippen LogP contribution in [0.5, 0.6) is 0 Å². The molecule has 0 radical (unpaired) electrons. The Balaban J connectivity index is 2.42. The molecule has 1 amide bonds. The van der Waals surface area contributed by atoms with Crippen molar-refractivity contribution in [3.63, 3.8) is 0 Å². The maximum absolute atomic E-state index is 12.3. The number of aryl methyl sites for hydroxylation is 1. The molecule has 8 heteroatoms. The zero-order valence-corrected chi connectivity index (χ0v) is 13.3. The van der Waals surface area contributed by atoms with Crippen LogP contribution in [0, 0.1) is 0 Å². The molecule has 0 saturated heterocycles. The number of nitrogens with one attached hydrogen (secondary N) is 2. The van der Waals surface area contributed by atoms with Crippen molar-refractivity contribution in [1.29, 1.82) is 0 Å².